The Morgan fingerprint density at radius 3 is 2.59 bits per heavy atom. The Hall–Kier alpha value is -2.05. The van der Waals surface area contributed by atoms with Crippen LogP contribution in [0, 0.1) is 6.92 Å². The summed E-state index contributed by atoms with van der Waals surface area (Å²) in [6, 6.07) is 12.4. The van der Waals surface area contributed by atoms with Crippen LogP contribution in [0.5, 0.6) is 5.75 Å². The highest BCUT2D eigenvalue weighted by Crippen LogP contribution is 2.28. The molecule has 2 rings (SSSR count). The molecule has 0 spiro atoms. The lowest BCUT2D eigenvalue weighted by molar-refractivity contribution is -0.142. The van der Waals surface area contributed by atoms with Crippen LogP contribution in [0.15, 0.2) is 46.9 Å². The Morgan fingerprint density at radius 2 is 1.97 bits per heavy atom. The Balaban J connectivity index is 2.22. The van der Waals surface area contributed by atoms with E-state index in [2.05, 4.69) is 21.2 Å². The number of nitrogens with zero attached hydrogens (tertiary/aromatic N) is 1. The van der Waals surface area contributed by atoms with Gasteiger partial charge in [0.25, 0.3) is 5.91 Å². The summed E-state index contributed by atoms with van der Waals surface area (Å²) in [6.45, 7) is 6.42. The molecule has 29 heavy (non-hydrogen) atoms. The third-order valence-electron chi connectivity index (χ3n) is 4.42. The molecule has 0 saturated heterocycles. The van der Waals surface area contributed by atoms with Crippen molar-refractivity contribution in [1.29, 1.82) is 0 Å². The van der Waals surface area contributed by atoms with Crippen LogP contribution in [-0.4, -0.2) is 35.9 Å². The predicted molar refractivity (Wildman–Crippen MR) is 119 cm³/mol. The van der Waals surface area contributed by atoms with E-state index < -0.39 is 6.04 Å². The van der Waals surface area contributed by atoms with E-state index in [-0.39, 0.29) is 18.4 Å². The summed E-state index contributed by atoms with van der Waals surface area (Å²) in [6.07, 6.45) is 0.508. The maximum absolute atomic E-state index is 13.1. The van der Waals surface area contributed by atoms with Crippen LogP contribution in [0.4, 0.5) is 0 Å². The second kappa shape index (κ2) is 11.2. The van der Waals surface area contributed by atoms with Gasteiger partial charge in [-0.15, -0.1) is 0 Å². The second-order valence-corrected chi connectivity index (χ2v) is 7.98. The molecule has 0 saturated carbocycles. The number of amides is 2. The molecule has 7 heteroatoms. The molecule has 1 atom stereocenters. The summed E-state index contributed by atoms with van der Waals surface area (Å²) in [7, 11) is 0. The standard InChI is InChI=1S/C22H26BrClN2O3/c1-4-19(22(28)25-5-2)26(13-16-8-6-7-15(3)11-16)21(27)14-29-20-10-9-17(24)12-18(20)23/h6-12,19H,4-5,13-14H2,1-3H3,(H,25,28)/t19-/m1/s1. The number of rotatable bonds is 9. The van der Waals surface area contributed by atoms with E-state index in [1.54, 1.807) is 23.1 Å². The summed E-state index contributed by atoms with van der Waals surface area (Å²) in [4.78, 5) is 27.2. The zero-order valence-corrected chi connectivity index (χ0v) is 19.2. The van der Waals surface area contributed by atoms with E-state index in [9.17, 15) is 9.59 Å². The van der Waals surface area contributed by atoms with Crippen molar-refractivity contribution in [2.45, 2.75) is 39.8 Å². The van der Waals surface area contributed by atoms with Crippen LogP contribution in [-0.2, 0) is 16.1 Å². The van der Waals surface area contributed by atoms with E-state index in [1.807, 2.05) is 45.0 Å². The highest BCUT2D eigenvalue weighted by molar-refractivity contribution is 9.10. The summed E-state index contributed by atoms with van der Waals surface area (Å²) in [5.41, 5.74) is 2.07. The van der Waals surface area contributed by atoms with Crippen LogP contribution in [0.2, 0.25) is 5.02 Å². The van der Waals surface area contributed by atoms with Gasteiger partial charge in [-0.3, -0.25) is 9.59 Å². The summed E-state index contributed by atoms with van der Waals surface area (Å²) < 4.78 is 6.37. The molecule has 1 N–H and O–H groups in total. The molecule has 0 aromatic heterocycles. The molecule has 0 bridgehead atoms. The normalized spacial score (nSPS) is 11.6. The van der Waals surface area contributed by atoms with Crippen molar-refractivity contribution in [1.82, 2.24) is 10.2 Å². The Kier molecular flexibility index (Phi) is 8.99. The molecule has 0 aliphatic carbocycles. The molecule has 5 nitrogen and oxygen atoms in total. The van der Waals surface area contributed by atoms with E-state index in [0.717, 1.165) is 11.1 Å². The second-order valence-electron chi connectivity index (χ2n) is 6.69. The maximum Gasteiger partial charge on any atom is 0.261 e. The number of hydrogen-bond donors (Lipinski definition) is 1. The number of hydrogen-bond acceptors (Lipinski definition) is 3. The van der Waals surface area contributed by atoms with Gasteiger partial charge in [-0.05, 0) is 60.0 Å². The molecule has 156 valence electrons. The van der Waals surface area contributed by atoms with Gasteiger partial charge in [0, 0.05) is 18.1 Å². The zero-order chi connectivity index (χ0) is 21.4. The summed E-state index contributed by atoms with van der Waals surface area (Å²) >= 11 is 9.34. The van der Waals surface area contributed by atoms with Gasteiger partial charge >= 0.3 is 0 Å². The van der Waals surface area contributed by atoms with Gasteiger partial charge in [-0.1, -0.05) is 48.4 Å². The lowest BCUT2D eigenvalue weighted by Gasteiger charge is -2.30. The molecule has 2 amide bonds. The first-order chi connectivity index (χ1) is 13.8. The van der Waals surface area contributed by atoms with Gasteiger partial charge < -0.3 is 15.0 Å². The van der Waals surface area contributed by atoms with Crippen LogP contribution in [0.25, 0.3) is 0 Å². The molecule has 0 aliphatic heterocycles. The van der Waals surface area contributed by atoms with E-state index >= 15 is 0 Å². The lowest BCUT2D eigenvalue weighted by Crippen LogP contribution is -2.50. The van der Waals surface area contributed by atoms with Gasteiger partial charge in [-0.2, -0.15) is 0 Å². The van der Waals surface area contributed by atoms with Crippen LogP contribution in [0.1, 0.15) is 31.4 Å². The largest absolute Gasteiger partial charge is 0.483 e. The lowest BCUT2D eigenvalue weighted by atomic mass is 10.1. The molecule has 2 aromatic carbocycles. The molecule has 0 fully saturated rings. The highest BCUT2D eigenvalue weighted by atomic mass is 79.9. The van der Waals surface area contributed by atoms with Crippen molar-refractivity contribution in [3.8, 4) is 5.75 Å². The van der Waals surface area contributed by atoms with E-state index in [4.69, 9.17) is 16.3 Å². The minimum atomic E-state index is -0.569. The van der Waals surface area contributed by atoms with Gasteiger partial charge in [0.15, 0.2) is 6.61 Å². The number of halogens is 2. The molecule has 0 radical (unpaired) electrons. The fraction of sp³-hybridized carbons (Fsp3) is 0.364. The molecular weight excluding hydrogens is 456 g/mol. The van der Waals surface area contributed by atoms with E-state index in [0.29, 0.717) is 34.8 Å². The quantitative estimate of drug-likeness (QED) is 0.563. The average molecular weight is 482 g/mol. The first-order valence-electron chi connectivity index (χ1n) is 9.56. The fourth-order valence-corrected chi connectivity index (χ4v) is 3.83. The average Bonchev–Trinajstić information content (AvgIpc) is 2.67. The number of carbonyl (C=O) groups excluding carboxylic acids is 2. The predicted octanol–water partition coefficient (Wildman–Crippen LogP) is 4.73. The Labute approximate surface area is 185 Å². The van der Waals surface area contributed by atoms with Gasteiger partial charge in [-0.25, -0.2) is 0 Å². The first-order valence-corrected chi connectivity index (χ1v) is 10.7. The first kappa shape index (κ1) is 23.2. The third kappa shape index (κ3) is 6.75. The molecule has 0 heterocycles. The van der Waals surface area contributed by atoms with Gasteiger partial charge in [0.1, 0.15) is 11.8 Å². The SMILES string of the molecule is CCNC(=O)[C@@H](CC)N(Cc1cccc(C)c1)C(=O)COc1ccc(Cl)cc1Br. The molecule has 2 aromatic rings. The number of benzene rings is 2. The molecule has 0 aliphatic rings. The number of aryl methyl sites for hydroxylation is 1. The van der Waals surface area contributed by atoms with Crippen LogP contribution < -0.4 is 10.1 Å². The molecular formula is C22H26BrClN2O3. The molecule has 0 unspecified atom stereocenters. The minimum absolute atomic E-state index is 0.163. The van der Waals surface area contributed by atoms with Crippen molar-refractivity contribution < 1.29 is 14.3 Å². The van der Waals surface area contributed by atoms with Gasteiger partial charge in [0.05, 0.1) is 4.47 Å². The Morgan fingerprint density at radius 1 is 1.21 bits per heavy atom. The summed E-state index contributed by atoms with van der Waals surface area (Å²) in [5.74, 6) is 0.0967. The summed E-state index contributed by atoms with van der Waals surface area (Å²) in [5, 5.41) is 3.39. The third-order valence-corrected chi connectivity index (χ3v) is 5.27. The number of likely N-dealkylation sites (N-methyl/N-ethyl adjacent to an activating group) is 1. The van der Waals surface area contributed by atoms with E-state index in [1.165, 1.54) is 0 Å². The fourth-order valence-electron chi connectivity index (χ4n) is 3.03. The monoisotopic (exact) mass is 480 g/mol. The number of ether oxygens (including phenoxy) is 1. The minimum Gasteiger partial charge on any atom is -0.483 e. The van der Waals surface area contributed by atoms with Crippen molar-refractivity contribution in [3.63, 3.8) is 0 Å². The smallest absolute Gasteiger partial charge is 0.261 e. The van der Waals surface area contributed by atoms with Crippen molar-refractivity contribution in [2.75, 3.05) is 13.2 Å². The van der Waals surface area contributed by atoms with Crippen molar-refractivity contribution >= 4 is 39.3 Å². The number of carbonyl (C=O) groups is 2. The van der Waals surface area contributed by atoms with Crippen molar-refractivity contribution in [3.05, 3.63) is 63.1 Å². The highest BCUT2D eigenvalue weighted by Gasteiger charge is 2.28. The van der Waals surface area contributed by atoms with Crippen molar-refractivity contribution in [2.24, 2.45) is 0 Å². The van der Waals surface area contributed by atoms with Crippen LogP contribution >= 0.6 is 27.5 Å². The zero-order valence-electron chi connectivity index (χ0n) is 16.9. The maximum atomic E-state index is 13.1. The van der Waals surface area contributed by atoms with Gasteiger partial charge in [0.2, 0.25) is 5.91 Å². The van der Waals surface area contributed by atoms with Crippen LogP contribution in [0.3, 0.4) is 0 Å². The Bertz CT molecular complexity index is 860. The topological polar surface area (TPSA) is 58.6 Å². The number of nitrogens with one attached hydrogen (secondary N) is 1.